The van der Waals surface area contributed by atoms with Gasteiger partial charge in [-0.25, -0.2) is 4.79 Å². The fourth-order valence-corrected chi connectivity index (χ4v) is 2.32. The molecule has 0 aliphatic rings. The Labute approximate surface area is 139 Å². The summed E-state index contributed by atoms with van der Waals surface area (Å²) in [4.78, 5) is 14.2. The number of anilines is 2. The van der Waals surface area contributed by atoms with Gasteiger partial charge in [-0.05, 0) is 48.5 Å². The molecule has 0 saturated heterocycles. The van der Waals surface area contributed by atoms with E-state index in [4.69, 9.17) is 11.6 Å². The van der Waals surface area contributed by atoms with Crippen LogP contribution in [0.3, 0.4) is 0 Å². The molecule has 0 aliphatic heterocycles. The van der Waals surface area contributed by atoms with Crippen LogP contribution in [-0.2, 0) is 6.18 Å². The summed E-state index contributed by atoms with van der Waals surface area (Å²) in [6, 6.07) is 11.5. The van der Waals surface area contributed by atoms with E-state index in [0.717, 1.165) is 6.07 Å². The number of aromatic nitrogens is 1. The van der Waals surface area contributed by atoms with E-state index < -0.39 is 17.9 Å². The zero-order chi connectivity index (χ0) is 17.3. The molecule has 2 aromatic carbocycles. The van der Waals surface area contributed by atoms with E-state index in [0.29, 0.717) is 27.3 Å². The summed E-state index contributed by atoms with van der Waals surface area (Å²) in [5, 5.41) is 6.06. The molecule has 0 bridgehead atoms. The van der Waals surface area contributed by atoms with Gasteiger partial charge in [-0.15, -0.1) is 0 Å². The number of benzene rings is 2. The number of alkyl halides is 3. The van der Waals surface area contributed by atoms with Gasteiger partial charge in [-0.3, -0.25) is 0 Å². The topological polar surface area (TPSA) is 56.9 Å². The zero-order valence-corrected chi connectivity index (χ0v) is 12.8. The van der Waals surface area contributed by atoms with Gasteiger partial charge in [0.25, 0.3) is 0 Å². The number of aromatic amines is 1. The molecule has 0 radical (unpaired) electrons. The summed E-state index contributed by atoms with van der Waals surface area (Å²) >= 11 is 5.76. The van der Waals surface area contributed by atoms with Gasteiger partial charge >= 0.3 is 12.2 Å². The maximum absolute atomic E-state index is 12.7. The SMILES string of the molecule is O=C(Nc1ccc(Cl)cc1)Nc1ccc2[nH]c(C(F)(F)F)cc2c1. The molecule has 2 amide bonds. The Morgan fingerprint density at radius 3 is 2.25 bits per heavy atom. The molecule has 24 heavy (non-hydrogen) atoms. The fraction of sp³-hybridized carbons (Fsp3) is 0.0625. The number of halogens is 4. The van der Waals surface area contributed by atoms with Gasteiger partial charge in [0.2, 0.25) is 0 Å². The average molecular weight is 354 g/mol. The van der Waals surface area contributed by atoms with Crippen LogP contribution < -0.4 is 10.6 Å². The molecular formula is C16H11ClF3N3O. The molecule has 1 heterocycles. The first-order chi connectivity index (χ1) is 11.3. The largest absolute Gasteiger partial charge is 0.431 e. The van der Waals surface area contributed by atoms with E-state index >= 15 is 0 Å². The molecule has 0 fully saturated rings. The number of nitrogens with one attached hydrogen (secondary N) is 3. The van der Waals surface area contributed by atoms with E-state index in [2.05, 4.69) is 15.6 Å². The van der Waals surface area contributed by atoms with Crippen LogP contribution in [0.5, 0.6) is 0 Å². The number of urea groups is 1. The minimum Gasteiger partial charge on any atom is -0.351 e. The van der Waals surface area contributed by atoms with Crippen LogP contribution in [0.2, 0.25) is 5.02 Å². The zero-order valence-electron chi connectivity index (χ0n) is 12.0. The van der Waals surface area contributed by atoms with Crippen LogP contribution >= 0.6 is 11.6 Å². The Bertz CT molecular complexity index is 888. The number of H-pyrrole nitrogens is 1. The maximum Gasteiger partial charge on any atom is 0.431 e. The second-order valence-corrected chi connectivity index (χ2v) is 5.51. The first-order valence-corrected chi connectivity index (χ1v) is 7.22. The van der Waals surface area contributed by atoms with Crippen LogP contribution in [0.1, 0.15) is 5.69 Å². The van der Waals surface area contributed by atoms with Crippen LogP contribution in [-0.4, -0.2) is 11.0 Å². The number of rotatable bonds is 2. The number of hydrogen-bond donors (Lipinski definition) is 3. The van der Waals surface area contributed by atoms with E-state index in [1.165, 1.54) is 18.2 Å². The first-order valence-electron chi connectivity index (χ1n) is 6.85. The van der Waals surface area contributed by atoms with Crippen molar-refractivity contribution in [2.45, 2.75) is 6.18 Å². The van der Waals surface area contributed by atoms with Crippen LogP contribution in [0, 0.1) is 0 Å². The van der Waals surface area contributed by atoms with Crippen LogP contribution in [0.15, 0.2) is 48.5 Å². The number of fused-ring (bicyclic) bond motifs is 1. The predicted molar refractivity (Wildman–Crippen MR) is 87.4 cm³/mol. The maximum atomic E-state index is 12.7. The molecule has 0 unspecified atom stereocenters. The van der Waals surface area contributed by atoms with E-state index in [1.807, 2.05) is 0 Å². The monoisotopic (exact) mass is 353 g/mol. The minimum absolute atomic E-state index is 0.339. The number of amides is 2. The summed E-state index contributed by atoms with van der Waals surface area (Å²) < 4.78 is 38.1. The second-order valence-electron chi connectivity index (χ2n) is 5.07. The van der Waals surface area contributed by atoms with Gasteiger partial charge in [0.1, 0.15) is 5.69 Å². The summed E-state index contributed by atoms with van der Waals surface area (Å²) in [6.07, 6.45) is -4.45. The highest BCUT2D eigenvalue weighted by atomic mass is 35.5. The van der Waals surface area contributed by atoms with Gasteiger partial charge in [0.05, 0.1) is 0 Å². The first kappa shape index (κ1) is 16.2. The lowest BCUT2D eigenvalue weighted by Gasteiger charge is -2.07. The Morgan fingerprint density at radius 1 is 0.958 bits per heavy atom. The standard InChI is InChI=1S/C16H11ClF3N3O/c17-10-1-3-11(4-2-10)21-15(24)22-12-5-6-13-9(7-12)8-14(23-13)16(18,19)20/h1-8,23H,(H2,21,22,24). The Kier molecular flexibility index (Phi) is 4.11. The normalized spacial score (nSPS) is 11.5. The summed E-state index contributed by atoms with van der Waals surface area (Å²) in [6.45, 7) is 0. The molecule has 124 valence electrons. The van der Waals surface area contributed by atoms with E-state index in [1.54, 1.807) is 24.3 Å². The average Bonchev–Trinajstić information content (AvgIpc) is 2.93. The highest BCUT2D eigenvalue weighted by Gasteiger charge is 2.32. The molecule has 4 nitrogen and oxygen atoms in total. The quantitative estimate of drug-likeness (QED) is 0.561. The highest BCUT2D eigenvalue weighted by Crippen LogP contribution is 2.31. The van der Waals surface area contributed by atoms with Crippen molar-refractivity contribution in [1.82, 2.24) is 4.98 Å². The van der Waals surface area contributed by atoms with Gasteiger partial charge in [-0.1, -0.05) is 11.6 Å². The lowest BCUT2D eigenvalue weighted by Crippen LogP contribution is -2.19. The molecule has 8 heteroatoms. The van der Waals surface area contributed by atoms with Crippen molar-refractivity contribution < 1.29 is 18.0 Å². The van der Waals surface area contributed by atoms with Crippen LogP contribution in [0.25, 0.3) is 10.9 Å². The molecule has 0 aliphatic carbocycles. The molecule has 0 atom stereocenters. The third-order valence-corrected chi connectivity index (χ3v) is 3.54. The van der Waals surface area contributed by atoms with Crippen molar-refractivity contribution in [3.05, 3.63) is 59.2 Å². The van der Waals surface area contributed by atoms with Crippen LogP contribution in [0.4, 0.5) is 29.3 Å². The number of carbonyl (C=O) groups excluding carboxylic acids is 1. The Hall–Kier alpha value is -2.67. The third-order valence-electron chi connectivity index (χ3n) is 3.29. The van der Waals surface area contributed by atoms with Gasteiger partial charge < -0.3 is 15.6 Å². The van der Waals surface area contributed by atoms with E-state index in [9.17, 15) is 18.0 Å². The Balaban J connectivity index is 1.74. The summed E-state index contributed by atoms with van der Waals surface area (Å²) in [7, 11) is 0. The molecule has 3 rings (SSSR count). The van der Waals surface area contributed by atoms with Crippen molar-refractivity contribution >= 4 is 39.9 Å². The van der Waals surface area contributed by atoms with Crippen molar-refractivity contribution in [2.24, 2.45) is 0 Å². The smallest absolute Gasteiger partial charge is 0.351 e. The van der Waals surface area contributed by atoms with Gasteiger partial charge in [0.15, 0.2) is 0 Å². The van der Waals surface area contributed by atoms with Gasteiger partial charge in [-0.2, -0.15) is 13.2 Å². The molecule has 0 spiro atoms. The second kappa shape index (κ2) is 6.09. The Morgan fingerprint density at radius 2 is 1.58 bits per heavy atom. The number of carbonyl (C=O) groups is 1. The van der Waals surface area contributed by atoms with Crippen molar-refractivity contribution in [2.75, 3.05) is 10.6 Å². The number of hydrogen-bond acceptors (Lipinski definition) is 1. The highest BCUT2D eigenvalue weighted by molar-refractivity contribution is 6.30. The molecule has 0 saturated carbocycles. The van der Waals surface area contributed by atoms with E-state index in [-0.39, 0.29) is 0 Å². The summed E-state index contributed by atoms with van der Waals surface area (Å²) in [5.74, 6) is 0. The van der Waals surface area contributed by atoms with Crippen molar-refractivity contribution in [3.8, 4) is 0 Å². The summed E-state index contributed by atoms with van der Waals surface area (Å²) in [5.41, 5.74) is 0.423. The molecular weight excluding hydrogens is 343 g/mol. The minimum atomic E-state index is -4.45. The van der Waals surface area contributed by atoms with Crippen molar-refractivity contribution in [3.63, 3.8) is 0 Å². The lowest BCUT2D eigenvalue weighted by molar-refractivity contribution is -0.140. The third kappa shape index (κ3) is 3.62. The molecule has 3 aromatic rings. The lowest BCUT2D eigenvalue weighted by atomic mass is 10.2. The molecule has 1 aromatic heterocycles. The van der Waals surface area contributed by atoms with Crippen molar-refractivity contribution in [1.29, 1.82) is 0 Å². The predicted octanol–water partition coefficient (Wildman–Crippen LogP) is 5.48. The molecule has 3 N–H and O–H groups in total. The fourth-order valence-electron chi connectivity index (χ4n) is 2.19. The van der Waals surface area contributed by atoms with Gasteiger partial charge in [0, 0.05) is 27.3 Å².